The lowest BCUT2D eigenvalue weighted by molar-refractivity contribution is -0.0452. The van der Waals surface area contributed by atoms with Gasteiger partial charge < -0.3 is 0 Å². The summed E-state index contributed by atoms with van der Waals surface area (Å²) in [7, 11) is -5.32. The van der Waals surface area contributed by atoms with Crippen LogP contribution in [0.4, 0.5) is 13.2 Å². The van der Waals surface area contributed by atoms with E-state index in [1.54, 1.807) is 4.72 Å². The van der Waals surface area contributed by atoms with E-state index in [1.165, 1.54) is 0 Å². The fourth-order valence-corrected chi connectivity index (χ4v) is 2.68. The molecule has 0 amide bonds. The largest absolute Gasteiger partial charge is 0.511 e. The molecule has 0 radical (unpaired) electrons. The first kappa shape index (κ1) is 14.6. The maximum atomic E-state index is 12.2. The number of nitrogens with zero attached hydrogens (tertiary/aromatic N) is 1. The molecule has 4 nitrogen and oxygen atoms in total. The smallest absolute Gasteiger partial charge is 0.227 e. The lowest BCUT2D eigenvalue weighted by atomic mass is 9.92. The van der Waals surface area contributed by atoms with Gasteiger partial charge in [-0.15, -0.1) is 0 Å². The number of halogens is 3. The molecule has 1 aliphatic carbocycles. The van der Waals surface area contributed by atoms with Gasteiger partial charge in [-0.25, -0.2) is 18.1 Å². The second kappa shape index (κ2) is 5.43. The van der Waals surface area contributed by atoms with E-state index in [0.717, 1.165) is 6.42 Å². The average Bonchev–Trinajstić information content (AvgIpc) is 2.19. The number of hydrogen-bond acceptors (Lipinski definition) is 4. The monoisotopic (exact) mass is 288 g/mol. The Morgan fingerprint density at radius 2 is 1.88 bits per heavy atom. The Labute approximate surface area is 102 Å². The third kappa shape index (κ3) is 3.74. The molecule has 0 bridgehead atoms. The molecule has 1 rings (SSSR count). The van der Waals surface area contributed by atoms with Gasteiger partial charge in [-0.2, -0.15) is 13.2 Å². The first-order chi connectivity index (χ1) is 7.78. The third-order valence-electron chi connectivity index (χ3n) is 2.56. The number of rotatable bonds is 3. The molecule has 0 aromatic carbocycles. The fourth-order valence-electron chi connectivity index (χ4n) is 1.74. The predicted octanol–water partition coefficient (Wildman–Crippen LogP) is 1.84. The van der Waals surface area contributed by atoms with Gasteiger partial charge in [-0.05, 0) is 25.1 Å². The summed E-state index contributed by atoms with van der Waals surface area (Å²) >= 11 is 4.38. The molecule has 17 heavy (non-hydrogen) atoms. The van der Waals surface area contributed by atoms with E-state index in [-0.39, 0.29) is 0 Å². The van der Waals surface area contributed by atoms with Crippen molar-refractivity contribution in [3.05, 3.63) is 0 Å². The highest BCUT2D eigenvalue weighted by molar-refractivity contribution is 7.90. The van der Waals surface area contributed by atoms with E-state index in [0.29, 0.717) is 19.3 Å². The Kier molecular flexibility index (Phi) is 4.65. The van der Waals surface area contributed by atoms with E-state index in [2.05, 4.69) is 22.4 Å². The predicted molar refractivity (Wildman–Crippen MR) is 59.2 cm³/mol. The molecule has 0 aromatic heterocycles. The normalized spacial score (nSPS) is 26.3. The molecular weight excluding hydrogens is 277 g/mol. The molecule has 1 fully saturated rings. The van der Waals surface area contributed by atoms with Crippen molar-refractivity contribution in [1.82, 2.24) is 4.72 Å². The molecule has 1 saturated carbocycles. The Morgan fingerprint density at radius 1 is 1.29 bits per heavy atom. The van der Waals surface area contributed by atoms with E-state index < -0.39 is 27.6 Å². The summed E-state index contributed by atoms with van der Waals surface area (Å²) in [5.41, 5.74) is -5.30. The summed E-state index contributed by atoms with van der Waals surface area (Å²) in [5, 5.41) is 2.08. The second-order valence-corrected chi connectivity index (χ2v) is 5.63. The number of hydrogen-bond donors (Lipinski definition) is 1. The summed E-state index contributed by atoms with van der Waals surface area (Å²) in [6.45, 7) is 0. The van der Waals surface area contributed by atoms with Crippen LogP contribution in [-0.2, 0) is 10.0 Å². The zero-order valence-electron chi connectivity index (χ0n) is 8.70. The molecular formula is C8H11F3N2O2S2. The zero-order chi connectivity index (χ0) is 13.1. The van der Waals surface area contributed by atoms with Crippen LogP contribution in [0, 0.1) is 0 Å². The first-order valence-corrected chi connectivity index (χ1v) is 6.82. The van der Waals surface area contributed by atoms with Crippen molar-refractivity contribution >= 4 is 27.4 Å². The maximum absolute atomic E-state index is 12.2. The molecule has 0 heterocycles. The van der Waals surface area contributed by atoms with Crippen molar-refractivity contribution in [2.24, 2.45) is 4.99 Å². The van der Waals surface area contributed by atoms with Gasteiger partial charge in [0.25, 0.3) is 0 Å². The molecule has 0 aromatic rings. The van der Waals surface area contributed by atoms with Crippen LogP contribution in [0.5, 0.6) is 0 Å². The molecule has 0 saturated heterocycles. The van der Waals surface area contributed by atoms with Crippen molar-refractivity contribution in [3.8, 4) is 0 Å². The molecule has 0 spiro atoms. The minimum absolute atomic E-state index is 0.320. The lowest BCUT2D eigenvalue weighted by Crippen LogP contribution is -2.48. The number of aliphatic imine (C=N–C) groups is 1. The Balaban J connectivity index is 2.82. The number of nitrogens with one attached hydrogen (secondary N) is 1. The van der Waals surface area contributed by atoms with Crippen molar-refractivity contribution in [2.45, 2.75) is 43.3 Å². The first-order valence-electron chi connectivity index (χ1n) is 4.93. The van der Waals surface area contributed by atoms with Crippen LogP contribution in [0.2, 0.25) is 0 Å². The minimum Gasteiger partial charge on any atom is -0.227 e. The van der Waals surface area contributed by atoms with E-state index in [9.17, 15) is 21.6 Å². The highest BCUT2D eigenvalue weighted by atomic mass is 32.2. The van der Waals surface area contributed by atoms with Crippen LogP contribution in [0.25, 0.3) is 0 Å². The third-order valence-corrected chi connectivity index (χ3v) is 3.89. The van der Waals surface area contributed by atoms with Crippen molar-refractivity contribution in [1.29, 1.82) is 0 Å². The van der Waals surface area contributed by atoms with Crippen LogP contribution in [-0.4, -0.2) is 31.2 Å². The maximum Gasteiger partial charge on any atom is 0.511 e. The van der Waals surface area contributed by atoms with Crippen LogP contribution in [0.15, 0.2) is 4.99 Å². The lowest BCUT2D eigenvalue weighted by Gasteiger charge is -2.28. The highest BCUT2D eigenvalue weighted by Gasteiger charge is 2.47. The standard InChI is InChI=1S/C8H11F3N2O2S2/c9-8(10,11)17(14,15)13-7-4-2-1-3-6(7)12-5-16/h6-7,13H,1-4H2. The molecule has 2 unspecified atom stereocenters. The van der Waals surface area contributed by atoms with Gasteiger partial charge in [0.1, 0.15) is 0 Å². The molecule has 0 aliphatic heterocycles. The summed E-state index contributed by atoms with van der Waals surface area (Å²) in [6, 6.07) is -1.41. The Hall–Kier alpha value is -0.500. The van der Waals surface area contributed by atoms with Crippen LogP contribution in [0.3, 0.4) is 0 Å². The fraction of sp³-hybridized carbons (Fsp3) is 0.875. The number of isothiocyanates is 1. The van der Waals surface area contributed by atoms with Crippen LogP contribution < -0.4 is 4.72 Å². The van der Waals surface area contributed by atoms with Gasteiger partial charge in [-0.1, -0.05) is 12.8 Å². The van der Waals surface area contributed by atoms with Gasteiger partial charge in [0, 0.05) is 6.04 Å². The number of thiocarbonyl (C=S) groups is 1. The second-order valence-electron chi connectivity index (χ2n) is 3.75. The molecule has 9 heteroatoms. The highest BCUT2D eigenvalue weighted by Crippen LogP contribution is 2.26. The average molecular weight is 288 g/mol. The molecule has 98 valence electrons. The van der Waals surface area contributed by atoms with E-state index in [1.807, 2.05) is 0 Å². The van der Waals surface area contributed by atoms with Gasteiger partial charge in [0.15, 0.2) is 0 Å². The number of alkyl halides is 3. The molecule has 1 aliphatic rings. The Morgan fingerprint density at radius 3 is 2.41 bits per heavy atom. The number of sulfonamides is 1. The summed E-state index contributed by atoms with van der Waals surface area (Å²) < 4.78 is 60.1. The van der Waals surface area contributed by atoms with Gasteiger partial charge in [-0.3, -0.25) is 0 Å². The van der Waals surface area contributed by atoms with Crippen molar-refractivity contribution in [2.75, 3.05) is 0 Å². The van der Waals surface area contributed by atoms with E-state index in [4.69, 9.17) is 0 Å². The van der Waals surface area contributed by atoms with Gasteiger partial charge in [0.05, 0.1) is 11.2 Å². The Bertz CT molecular complexity index is 415. The van der Waals surface area contributed by atoms with Crippen LogP contribution >= 0.6 is 12.2 Å². The summed E-state index contributed by atoms with van der Waals surface area (Å²) in [6.07, 6.45) is 2.28. The topological polar surface area (TPSA) is 58.5 Å². The van der Waals surface area contributed by atoms with Gasteiger partial charge >= 0.3 is 15.5 Å². The SMILES string of the molecule is O=S(=O)(NC1CCCCC1N=C=S)C(F)(F)F. The zero-order valence-corrected chi connectivity index (χ0v) is 10.3. The van der Waals surface area contributed by atoms with Gasteiger partial charge in [0.2, 0.25) is 0 Å². The van der Waals surface area contributed by atoms with Crippen molar-refractivity contribution in [3.63, 3.8) is 0 Å². The van der Waals surface area contributed by atoms with Crippen LogP contribution in [0.1, 0.15) is 25.7 Å². The van der Waals surface area contributed by atoms with E-state index >= 15 is 0 Å². The summed E-state index contributed by atoms with van der Waals surface area (Å²) in [4.78, 5) is 3.70. The molecule has 1 N–H and O–H groups in total. The quantitative estimate of drug-likeness (QED) is 0.637. The molecule has 2 atom stereocenters. The van der Waals surface area contributed by atoms with Crippen molar-refractivity contribution < 1.29 is 21.6 Å². The summed E-state index contributed by atoms with van der Waals surface area (Å²) in [5.74, 6) is 0. The minimum atomic E-state index is -5.32.